The number of hydrogen-bond acceptors (Lipinski definition) is 4. The lowest BCUT2D eigenvalue weighted by Crippen LogP contribution is -2.43. The standard InChI is InChI=1S/C13H22N4/c1-9(2)12-10(3)7-15-13(16-12)17-6-4-5-11(14)8-17/h7,9,11H,4-6,8,14H2,1-3H3. The van der Waals surface area contributed by atoms with Crippen LogP contribution < -0.4 is 10.6 Å². The topological polar surface area (TPSA) is 55.0 Å². The van der Waals surface area contributed by atoms with Crippen molar-refractivity contribution in [2.24, 2.45) is 5.73 Å². The first kappa shape index (κ1) is 12.3. The number of aromatic nitrogens is 2. The Labute approximate surface area is 103 Å². The van der Waals surface area contributed by atoms with Gasteiger partial charge in [-0.1, -0.05) is 13.8 Å². The molecule has 0 amide bonds. The average molecular weight is 234 g/mol. The molecule has 0 saturated carbocycles. The minimum atomic E-state index is 0.260. The summed E-state index contributed by atoms with van der Waals surface area (Å²) in [4.78, 5) is 11.3. The predicted molar refractivity (Wildman–Crippen MR) is 70.3 cm³/mol. The van der Waals surface area contributed by atoms with E-state index in [0.29, 0.717) is 5.92 Å². The summed E-state index contributed by atoms with van der Waals surface area (Å²) in [6.07, 6.45) is 4.17. The average Bonchev–Trinajstić information content (AvgIpc) is 2.29. The molecule has 2 N–H and O–H groups in total. The second kappa shape index (κ2) is 5.00. The number of anilines is 1. The van der Waals surface area contributed by atoms with Gasteiger partial charge in [0.05, 0.1) is 5.69 Å². The summed E-state index contributed by atoms with van der Waals surface area (Å²) >= 11 is 0. The molecule has 94 valence electrons. The first-order chi connectivity index (χ1) is 8.08. The van der Waals surface area contributed by atoms with Crippen molar-refractivity contribution in [3.05, 3.63) is 17.5 Å². The van der Waals surface area contributed by atoms with Gasteiger partial charge in [-0.3, -0.25) is 0 Å². The molecule has 0 aliphatic carbocycles. The maximum Gasteiger partial charge on any atom is 0.225 e. The van der Waals surface area contributed by atoms with E-state index in [9.17, 15) is 0 Å². The van der Waals surface area contributed by atoms with Crippen LogP contribution in [0.3, 0.4) is 0 Å². The maximum atomic E-state index is 5.99. The Morgan fingerprint density at radius 3 is 2.88 bits per heavy atom. The molecule has 0 aromatic carbocycles. The molecule has 1 saturated heterocycles. The van der Waals surface area contributed by atoms with Crippen LogP contribution in [0.2, 0.25) is 0 Å². The Hall–Kier alpha value is -1.16. The van der Waals surface area contributed by atoms with Crippen molar-refractivity contribution in [3.63, 3.8) is 0 Å². The molecular weight excluding hydrogens is 212 g/mol. The lowest BCUT2D eigenvalue weighted by atomic mass is 10.1. The Morgan fingerprint density at radius 2 is 2.24 bits per heavy atom. The van der Waals surface area contributed by atoms with Gasteiger partial charge in [0.25, 0.3) is 0 Å². The van der Waals surface area contributed by atoms with E-state index in [2.05, 4.69) is 35.6 Å². The maximum absolute atomic E-state index is 5.99. The van der Waals surface area contributed by atoms with Crippen LogP contribution in [0.1, 0.15) is 43.9 Å². The van der Waals surface area contributed by atoms with Crippen molar-refractivity contribution in [2.75, 3.05) is 18.0 Å². The number of aryl methyl sites for hydroxylation is 1. The van der Waals surface area contributed by atoms with Crippen LogP contribution in [0.15, 0.2) is 6.20 Å². The highest BCUT2D eigenvalue weighted by Crippen LogP contribution is 2.20. The fourth-order valence-corrected chi connectivity index (χ4v) is 2.37. The monoisotopic (exact) mass is 234 g/mol. The van der Waals surface area contributed by atoms with Gasteiger partial charge in [-0.05, 0) is 31.2 Å². The molecule has 1 fully saturated rings. The van der Waals surface area contributed by atoms with Crippen molar-refractivity contribution >= 4 is 5.95 Å². The first-order valence-electron chi connectivity index (χ1n) is 6.42. The van der Waals surface area contributed by atoms with Crippen molar-refractivity contribution < 1.29 is 0 Å². The highest BCUT2D eigenvalue weighted by molar-refractivity contribution is 5.34. The molecule has 1 unspecified atom stereocenters. The summed E-state index contributed by atoms with van der Waals surface area (Å²) in [7, 11) is 0. The molecular formula is C13H22N4. The molecule has 0 radical (unpaired) electrons. The van der Waals surface area contributed by atoms with Gasteiger partial charge in [0, 0.05) is 25.3 Å². The third-order valence-corrected chi connectivity index (χ3v) is 3.29. The summed E-state index contributed by atoms with van der Waals surface area (Å²) in [5.41, 5.74) is 8.31. The molecule has 1 aromatic heterocycles. The van der Waals surface area contributed by atoms with Crippen molar-refractivity contribution in [1.29, 1.82) is 0 Å². The van der Waals surface area contributed by atoms with Gasteiger partial charge in [-0.15, -0.1) is 0 Å². The van der Waals surface area contributed by atoms with Gasteiger partial charge in [0.1, 0.15) is 0 Å². The molecule has 0 spiro atoms. The molecule has 0 bridgehead atoms. The van der Waals surface area contributed by atoms with Crippen LogP contribution in [0.25, 0.3) is 0 Å². The zero-order valence-corrected chi connectivity index (χ0v) is 11.0. The van der Waals surface area contributed by atoms with E-state index in [1.54, 1.807) is 0 Å². The number of hydrogen-bond donors (Lipinski definition) is 1. The summed E-state index contributed by atoms with van der Waals surface area (Å²) in [5, 5.41) is 0. The number of piperidine rings is 1. The molecule has 17 heavy (non-hydrogen) atoms. The smallest absolute Gasteiger partial charge is 0.225 e. The lowest BCUT2D eigenvalue weighted by Gasteiger charge is -2.31. The third-order valence-electron chi connectivity index (χ3n) is 3.29. The van der Waals surface area contributed by atoms with Crippen LogP contribution in [0, 0.1) is 6.92 Å². The third kappa shape index (κ3) is 2.75. The molecule has 2 rings (SSSR count). The van der Waals surface area contributed by atoms with Crippen molar-refractivity contribution in [1.82, 2.24) is 9.97 Å². The fourth-order valence-electron chi connectivity index (χ4n) is 2.37. The van der Waals surface area contributed by atoms with E-state index >= 15 is 0 Å². The van der Waals surface area contributed by atoms with E-state index in [4.69, 9.17) is 5.73 Å². The van der Waals surface area contributed by atoms with Crippen molar-refractivity contribution in [2.45, 2.75) is 45.6 Å². The molecule has 4 heteroatoms. The Bertz CT molecular complexity index is 389. The van der Waals surface area contributed by atoms with Gasteiger partial charge < -0.3 is 10.6 Å². The molecule has 1 atom stereocenters. The largest absolute Gasteiger partial charge is 0.339 e. The minimum absolute atomic E-state index is 0.260. The summed E-state index contributed by atoms with van der Waals surface area (Å²) < 4.78 is 0. The van der Waals surface area contributed by atoms with Gasteiger partial charge in [-0.2, -0.15) is 0 Å². The van der Waals surface area contributed by atoms with Crippen LogP contribution in [-0.2, 0) is 0 Å². The van der Waals surface area contributed by atoms with E-state index < -0.39 is 0 Å². The Kier molecular flexibility index (Phi) is 3.62. The van der Waals surface area contributed by atoms with E-state index in [1.807, 2.05) is 6.20 Å². The first-order valence-corrected chi connectivity index (χ1v) is 6.42. The van der Waals surface area contributed by atoms with Gasteiger partial charge in [0.15, 0.2) is 0 Å². The zero-order chi connectivity index (χ0) is 12.4. The quantitative estimate of drug-likeness (QED) is 0.848. The summed E-state index contributed by atoms with van der Waals surface area (Å²) in [6, 6.07) is 0.260. The van der Waals surface area contributed by atoms with Crippen LogP contribution in [0.4, 0.5) is 5.95 Å². The fraction of sp³-hybridized carbons (Fsp3) is 0.692. The summed E-state index contributed by atoms with van der Waals surface area (Å²) in [6.45, 7) is 8.30. The molecule has 1 aromatic rings. The lowest BCUT2D eigenvalue weighted by molar-refractivity contribution is 0.499. The second-order valence-electron chi connectivity index (χ2n) is 5.24. The highest BCUT2D eigenvalue weighted by atomic mass is 15.3. The minimum Gasteiger partial charge on any atom is -0.339 e. The van der Waals surface area contributed by atoms with Crippen LogP contribution >= 0.6 is 0 Å². The number of rotatable bonds is 2. The molecule has 2 heterocycles. The predicted octanol–water partition coefficient (Wildman–Crippen LogP) is 1.84. The van der Waals surface area contributed by atoms with Gasteiger partial charge in [-0.25, -0.2) is 9.97 Å². The summed E-state index contributed by atoms with van der Waals surface area (Å²) in [5.74, 6) is 1.28. The van der Waals surface area contributed by atoms with Crippen LogP contribution in [-0.4, -0.2) is 29.1 Å². The molecule has 4 nitrogen and oxygen atoms in total. The molecule has 1 aliphatic heterocycles. The zero-order valence-electron chi connectivity index (χ0n) is 11.0. The Morgan fingerprint density at radius 1 is 1.47 bits per heavy atom. The van der Waals surface area contributed by atoms with Crippen molar-refractivity contribution in [3.8, 4) is 0 Å². The van der Waals surface area contributed by atoms with E-state index in [-0.39, 0.29) is 6.04 Å². The highest BCUT2D eigenvalue weighted by Gasteiger charge is 2.19. The van der Waals surface area contributed by atoms with Gasteiger partial charge in [0.2, 0.25) is 5.95 Å². The molecule has 1 aliphatic rings. The normalized spacial score (nSPS) is 21.0. The van der Waals surface area contributed by atoms with E-state index in [0.717, 1.165) is 37.6 Å². The number of nitrogens with two attached hydrogens (primary N) is 1. The number of nitrogens with zero attached hydrogens (tertiary/aromatic N) is 3. The van der Waals surface area contributed by atoms with E-state index in [1.165, 1.54) is 5.56 Å². The second-order valence-corrected chi connectivity index (χ2v) is 5.24. The SMILES string of the molecule is Cc1cnc(N2CCCC(N)C2)nc1C(C)C. The Balaban J connectivity index is 2.23. The van der Waals surface area contributed by atoms with Gasteiger partial charge >= 0.3 is 0 Å². The van der Waals surface area contributed by atoms with Crippen LogP contribution in [0.5, 0.6) is 0 Å².